The van der Waals surface area contributed by atoms with Crippen LogP contribution in [0.15, 0.2) is 10.6 Å². The summed E-state index contributed by atoms with van der Waals surface area (Å²) in [5.74, 6) is -2.19. The number of carbonyl (C=O) groups is 2. The summed E-state index contributed by atoms with van der Waals surface area (Å²) in [6.45, 7) is 0. The first-order valence-corrected chi connectivity index (χ1v) is 4.06. The van der Waals surface area contributed by atoms with Crippen molar-refractivity contribution in [1.82, 2.24) is 5.16 Å². The maximum absolute atomic E-state index is 10.7. The van der Waals surface area contributed by atoms with Gasteiger partial charge in [-0.15, -0.1) is 0 Å². The van der Waals surface area contributed by atoms with Gasteiger partial charge in [0.05, 0.1) is 5.33 Å². The van der Waals surface area contributed by atoms with Crippen molar-refractivity contribution in [2.45, 2.75) is 5.33 Å². The Kier molecular flexibility index (Phi) is 2.59. The second-order valence-electron chi connectivity index (χ2n) is 1.95. The van der Waals surface area contributed by atoms with Crippen LogP contribution in [0.25, 0.3) is 0 Å². The SMILES string of the molecule is O=C(O)C(=O)c1cc(CBr)on1. The van der Waals surface area contributed by atoms with Gasteiger partial charge in [0.15, 0.2) is 5.69 Å². The zero-order valence-corrected chi connectivity index (χ0v) is 7.37. The predicted molar refractivity (Wildman–Crippen MR) is 41.1 cm³/mol. The molecule has 0 amide bonds. The van der Waals surface area contributed by atoms with Crippen molar-refractivity contribution in [3.63, 3.8) is 0 Å². The molecule has 0 aliphatic carbocycles. The van der Waals surface area contributed by atoms with Gasteiger partial charge in [0.25, 0.3) is 5.78 Å². The quantitative estimate of drug-likeness (QED) is 0.476. The minimum Gasteiger partial charge on any atom is -0.475 e. The third kappa shape index (κ3) is 1.70. The van der Waals surface area contributed by atoms with Crippen LogP contribution in [0.5, 0.6) is 0 Å². The molecule has 0 saturated heterocycles. The number of carboxylic acid groups (broad SMARTS) is 1. The molecule has 0 spiro atoms. The van der Waals surface area contributed by atoms with E-state index < -0.39 is 11.8 Å². The van der Waals surface area contributed by atoms with Crippen LogP contribution in [-0.4, -0.2) is 22.0 Å². The van der Waals surface area contributed by atoms with Gasteiger partial charge in [-0.2, -0.15) is 0 Å². The molecule has 12 heavy (non-hydrogen) atoms. The van der Waals surface area contributed by atoms with E-state index in [0.29, 0.717) is 11.1 Å². The minimum atomic E-state index is -1.54. The monoisotopic (exact) mass is 233 g/mol. The van der Waals surface area contributed by atoms with Gasteiger partial charge in [0.1, 0.15) is 5.76 Å². The van der Waals surface area contributed by atoms with Crippen LogP contribution >= 0.6 is 15.9 Å². The first-order chi connectivity index (χ1) is 5.65. The predicted octanol–water partition coefficient (Wildman–Crippen LogP) is 0.837. The number of aromatic nitrogens is 1. The number of ketones is 1. The average molecular weight is 234 g/mol. The van der Waals surface area contributed by atoms with Crippen molar-refractivity contribution in [3.8, 4) is 0 Å². The fraction of sp³-hybridized carbons (Fsp3) is 0.167. The molecule has 0 bridgehead atoms. The maximum Gasteiger partial charge on any atom is 0.379 e. The molecule has 1 aromatic rings. The molecule has 1 N–H and O–H groups in total. The number of alkyl halides is 1. The minimum absolute atomic E-state index is 0.183. The number of aliphatic carboxylic acids is 1. The van der Waals surface area contributed by atoms with Crippen molar-refractivity contribution in [2.24, 2.45) is 0 Å². The van der Waals surface area contributed by atoms with Crippen LogP contribution in [-0.2, 0) is 10.1 Å². The number of Topliss-reactive ketones (excluding diaryl/α,β-unsaturated/α-hetero) is 1. The van der Waals surface area contributed by atoms with E-state index in [9.17, 15) is 9.59 Å². The summed E-state index contributed by atoms with van der Waals surface area (Å²) in [4.78, 5) is 20.9. The molecule has 0 unspecified atom stereocenters. The molecular weight excluding hydrogens is 230 g/mol. The number of hydrogen-bond acceptors (Lipinski definition) is 4. The number of carboxylic acids is 1. The Morgan fingerprint density at radius 3 is 2.75 bits per heavy atom. The molecule has 64 valence electrons. The largest absolute Gasteiger partial charge is 0.475 e. The van der Waals surface area contributed by atoms with Crippen molar-refractivity contribution in [3.05, 3.63) is 17.5 Å². The molecule has 0 saturated carbocycles. The highest BCUT2D eigenvalue weighted by Gasteiger charge is 2.18. The fourth-order valence-electron chi connectivity index (χ4n) is 0.593. The van der Waals surface area contributed by atoms with Gasteiger partial charge in [-0.25, -0.2) is 4.79 Å². The van der Waals surface area contributed by atoms with E-state index in [1.54, 1.807) is 0 Å². The summed E-state index contributed by atoms with van der Waals surface area (Å²) < 4.78 is 4.60. The Morgan fingerprint density at radius 1 is 1.67 bits per heavy atom. The molecule has 0 aliphatic heterocycles. The highest BCUT2D eigenvalue weighted by molar-refractivity contribution is 9.08. The third-order valence-corrected chi connectivity index (χ3v) is 1.67. The fourth-order valence-corrected chi connectivity index (χ4v) is 0.857. The average Bonchev–Trinajstić information content (AvgIpc) is 2.50. The lowest BCUT2D eigenvalue weighted by molar-refractivity contribution is -0.131. The zero-order valence-electron chi connectivity index (χ0n) is 5.78. The lowest BCUT2D eigenvalue weighted by Gasteiger charge is -1.82. The number of hydrogen-bond donors (Lipinski definition) is 1. The van der Waals surface area contributed by atoms with Crippen molar-refractivity contribution >= 4 is 27.7 Å². The second kappa shape index (κ2) is 3.48. The molecule has 0 aliphatic rings. The second-order valence-corrected chi connectivity index (χ2v) is 2.51. The number of rotatable bonds is 3. The van der Waals surface area contributed by atoms with E-state index in [1.165, 1.54) is 6.07 Å². The summed E-state index contributed by atoms with van der Waals surface area (Å²) in [7, 11) is 0. The molecule has 5 nitrogen and oxygen atoms in total. The molecule has 1 aromatic heterocycles. The summed E-state index contributed by atoms with van der Waals surface area (Å²) in [5, 5.41) is 11.9. The topological polar surface area (TPSA) is 80.4 Å². The highest BCUT2D eigenvalue weighted by atomic mass is 79.9. The molecule has 1 rings (SSSR count). The van der Waals surface area contributed by atoms with Crippen molar-refractivity contribution < 1.29 is 19.2 Å². The van der Waals surface area contributed by atoms with E-state index in [0.717, 1.165) is 0 Å². The van der Waals surface area contributed by atoms with Gasteiger partial charge in [-0.1, -0.05) is 21.1 Å². The Balaban J connectivity index is 2.89. The van der Waals surface area contributed by atoms with Crippen molar-refractivity contribution in [2.75, 3.05) is 0 Å². The first-order valence-electron chi connectivity index (χ1n) is 2.94. The highest BCUT2D eigenvalue weighted by Crippen LogP contribution is 2.07. The lowest BCUT2D eigenvalue weighted by atomic mass is 10.3. The Labute approximate surface area is 75.5 Å². The smallest absolute Gasteiger partial charge is 0.379 e. The zero-order chi connectivity index (χ0) is 9.14. The van der Waals surface area contributed by atoms with Gasteiger partial charge in [0.2, 0.25) is 0 Å². The van der Waals surface area contributed by atoms with E-state index in [1.807, 2.05) is 0 Å². The number of nitrogens with zero attached hydrogens (tertiary/aromatic N) is 1. The number of carbonyl (C=O) groups excluding carboxylic acids is 1. The summed E-state index contributed by atoms with van der Waals surface area (Å²) >= 11 is 3.06. The van der Waals surface area contributed by atoms with Crippen LogP contribution in [0, 0.1) is 0 Å². The van der Waals surface area contributed by atoms with Gasteiger partial charge >= 0.3 is 5.97 Å². The summed E-state index contributed by atoms with van der Waals surface area (Å²) in [6, 6.07) is 1.28. The Morgan fingerprint density at radius 2 is 2.33 bits per heavy atom. The third-order valence-electron chi connectivity index (χ3n) is 1.12. The van der Waals surface area contributed by atoms with Crippen LogP contribution in [0.2, 0.25) is 0 Å². The summed E-state index contributed by atoms with van der Waals surface area (Å²) in [5.41, 5.74) is -0.183. The first kappa shape index (κ1) is 8.92. The van der Waals surface area contributed by atoms with E-state index in [2.05, 4.69) is 25.6 Å². The molecule has 0 atom stereocenters. The summed E-state index contributed by atoms with van der Waals surface area (Å²) in [6.07, 6.45) is 0. The van der Waals surface area contributed by atoms with Crippen LogP contribution in [0.4, 0.5) is 0 Å². The van der Waals surface area contributed by atoms with Crippen molar-refractivity contribution in [1.29, 1.82) is 0 Å². The molecule has 0 radical (unpaired) electrons. The van der Waals surface area contributed by atoms with Gasteiger partial charge in [-0.3, -0.25) is 4.79 Å². The van der Waals surface area contributed by atoms with E-state index in [4.69, 9.17) is 5.11 Å². The normalized spacial score (nSPS) is 9.75. The molecule has 0 fully saturated rings. The Hall–Kier alpha value is -1.17. The molecule has 6 heteroatoms. The standard InChI is InChI=1S/C6H4BrNO4/c7-2-3-1-4(8-12-3)5(9)6(10)11/h1H,2H2,(H,10,11). The number of halogens is 1. The van der Waals surface area contributed by atoms with E-state index >= 15 is 0 Å². The van der Waals surface area contributed by atoms with Crippen LogP contribution in [0.1, 0.15) is 16.2 Å². The Bertz CT molecular complexity index is 319. The van der Waals surface area contributed by atoms with Gasteiger partial charge in [-0.05, 0) is 0 Å². The molecular formula is C6H4BrNO4. The molecule has 1 heterocycles. The van der Waals surface area contributed by atoms with Gasteiger partial charge < -0.3 is 9.63 Å². The van der Waals surface area contributed by atoms with Crippen LogP contribution in [0.3, 0.4) is 0 Å². The van der Waals surface area contributed by atoms with Crippen LogP contribution < -0.4 is 0 Å². The maximum atomic E-state index is 10.7. The molecule has 0 aromatic carbocycles. The van der Waals surface area contributed by atoms with E-state index in [-0.39, 0.29) is 5.69 Å². The lowest BCUT2D eigenvalue weighted by Crippen LogP contribution is -2.12. The van der Waals surface area contributed by atoms with Gasteiger partial charge in [0, 0.05) is 6.07 Å².